The fourth-order valence-electron chi connectivity index (χ4n) is 2.62. The van der Waals surface area contributed by atoms with Crippen molar-refractivity contribution in [3.8, 4) is 0 Å². The minimum Gasteiger partial charge on any atom is -0.358 e. The van der Waals surface area contributed by atoms with E-state index in [1.807, 2.05) is 0 Å². The zero-order valence-corrected chi connectivity index (χ0v) is 8.10. The van der Waals surface area contributed by atoms with E-state index < -0.39 is 0 Å². The van der Waals surface area contributed by atoms with Crippen LogP contribution in [0.1, 0.15) is 39.5 Å². The fraction of sp³-hybridized carbons (Fsp3) is 1.00. The van der Waals surface area contributed by atoms with Gasteiger partial charge in [-0.1, -0.05) is 0 Å². The van der Waals surface area contributed by atoms with Crippen LogP contribution in [0.5, 0.6) is 0 Å². The van der Waals surface area contributed by atoms with Crippen molar-refractivity contribution in [2.24, 2.45) is 5.92 Å². The van der Waals surface area contributed by atoms with Gasteiger partial charge < -0.3 is 4.74 Å². The van der Waals surface area contributed by atoms with Crippen LogP contribution < -0.4 is 5.32 Å². The fourth-order valence-corrected chi connectivity index (χ4v) is 2.62. The van der Waals surface area contributed by atoms with Gasteiger partial charge in [-0.05, 0) is 52.0 Å². The quantitative estimate of drug-likeness (QED) is 0.681. The number of ether oxygens (including phenoxy) is 1. The molecule has 0 amide bonds. The zero-order chi connectivity index (χ0) is 8.60. The van der Waals surface area contributed by atoms with Crippen LogP contribution in [-0.4, -0.2) is 18.4 Å². The summed E-state index contributed by atoms with van der Waals surface area (Å²) in [5, 5.41) is 3.53. The van der Waals surface area contributed by atoms with E-state index in [0.717, 1.165) is 12.5 Å². The van der Waals surface area contributed by atoms with Gasteiger partial charge in [-0.15, -0.1) is 0 Å². The highest BCUT2D eigenvalue weighted by Gasteiger charge is 2.43. The third-order valence-corrected chi connectivity index (χ3v) is 3.04. The topological polar surface area (TPSA) is 21.3 Å². The summed E-state index contributed by atoms with van der Waals surface area (Å²) < 4.78 is 5.96. The Balaban J connectivity index is 2.00. The lowest BCUT2D eigenvalue weighted by Crippen LogP contribution is -2.49. The van der Waals surface area contributed by atoms with Gasteiger partial charge in [-0.3, -0.25) is 5.32 Å². The molecule has 1 saturated heterocycles. The largest absolute Gasteiger partial charge is 0.358 e. The van der Waals surface area contributed by atoms with Gasteiger partial charge in [0.15, 0.2) is 0 Å². The van der Waals surface area contributed by atoms with Gasteiger partial charge in [0.2, 0.25) is 0 Å². The van der Waals surface area contributed by atoms with E-state index in [0.29, 0.717) is 6.10 Å². The van der Waals surface area contributed by atoms with Crippen LogP contribution in [-0.2, 0) is 4.74 Å². The molecule has 1 heterocycles. The smallest absolute Gasteiger partial charge is 0.119 e. The summed E-state index contributed by atoms with van der Waals surface area (Å²) in [4.78, 5) is 0. The van der Waals surface area contributed by atoms with E-state index in [9.17, 15) is 0 Å². The molecule has 2 rings (SSSR count). The Hall–Kier alpha value is -0.0800. The number of nitrogens with one attached hydrogen (secondary N) is 1. The van der Waals surface area contributed by atoms with E-state index in [-0.39, 0.29) is 5.72 Å². The highest BCUT2D eigenvalue weighted by Crippen LogP contribution is 2.40. The number of piperidine rings is 1. The van der Waals surface area contributed by atoms with Crippen molar-refractivity contribution in [3.63, 3.8) is 0 Å². The van der Waals surface area contributed by atoms with Crippen molar-refractivity contribution in [2.45, 2.75) is 51.4 Å². The van der Waals surface area contributed by atoms with Gasteiger partial charge in [-0.2, -0.15) is 0 Å². The first kappa shape index (κ1) is 8.52. The second kappa shape index (κ2) is 3.00. The third kappa shape index (κ3) is 1.50. The Morgan fingerprint density at radius 1 is 1.42 bits per heavy atom. The summed E-state index contributed by atoms with van der Waals surface area (Å²) in [7, 11) is 0. The lowest BCUT2D eigenvalue weighted by molar-refractivity contribution is -0.107. The minimum atomic E-state index is 0.0666. The molecule has 0 radical (unpaired) electrons. The van der Waals surface area contributed by atoms with E-state index in [4.69, 9.17) is 4.74 Å². The van der Waals surface area contributed by atoms with Crippen molar-refractivity contribution in [2.75, 3.05) is 6.54 Å². The SMILES string of the molecule is CC(C)OC12CCC(CCN1)C2. The van der Waals surface area contributed by atoms with Crippen molar-refractivity contribution >= 4 is 0 Å². The minimum absolute atomic E-state index is 0.0666. The molecule has 1 aliphatic carbocycles. The van der Waals surface area contributed by atoms with Gasteiger partial charge in [-0.25, -0.2) is 0 Å². The number of rotatable bonds is 2. The van der Waals surface area contributed by atoms with E-state index >= 15 is 0 Å². The maximum absolute atomic E-state index is 5.96. The summed E-state index contributed by atoms with van der Waals surface area (Å²) in [6.07, 6.45) is 5.53. The predicted molar refractivity (Wildman–Crippen MR) is 48.9 cm³/mol. The monoisotopic (exact) mass is 169 g/mol. The van der Waals surface area contributed by atoms with Crippen LogP contribution >= 0.6 is 0 Å². The summed E-state index contributed by atoms with van der Waals surface area (Å²) in [5.74, 6) is 0.935. The Morgan fingerprint density at radius 3 is 3.00 bits per heavy atom. The number of hydrogen-bond acceptors (Lipinski definition) is 2. The molecule has 2 heteroatoms. The molecule has 12 heavy (non-hydrogen) atoms. The third-order valence-electron chi connectivity index (χ3n) is 3.04. The second-order valence-electron chi connectivity index (χ2n) is 4.49. The first-order chi connectivity index (χ1) is 5.70. The van der Waals surface area contributed by atoms with Crippen LogP contribution in [0, 0.1) is 5.92 Å². The summed E-state index contributed by atoms with van der Waals surface area (Å²) in [6.45, 7) is 5.40. The Labute approximate surface area is 74.7 Å². The predicted octanol–water partition coefficient (Wildman–Crippen LogP) is 1.90. The van der Waals surface area contributed by atoms with Gasteiger partial charge in [0.25, 0.3) is 0 Å². The number of fused-ring (bicyclic) bond motifs is 2. The summed E-state index contributed by atoms with van der Waals surface area (Å²) in [5.41, 5.74) is 0.0666. The standard InChI is InChI=1S/C10H19NO/c1-8(2)12-10-5-3-9(7-10)4-6-11-10/h8-9,11H,3-7H2,1-2H3. The van der Waals surface area contributed by atoms with E-state index in [2.05, 4.69) is 19.2 Å². The first-order valence-corrected chi connectivity index (χ1v) is 5.13. The highest BCUT2D eigenvalue weighted by atomic mass is 16.5. The Morgan fingerprint density at radius 2 is 2.25 bits per heavy atom. The molecule has 2 unspecified atom stereocenters. The van der Waals surface area contributed by atoms with Gasteiger partial charge >= 0.3 is 0 Å². The van der Waals surface area contributed by atoms with Gasteiger partial charge in [0.05, 0.1) is 6.10 Å². The molecule has 1 aliphatic heterocycles. The highest BCUT2D eigenvalue weighted by molar-refractivity contribution is 4.93. The summed E-state index contributed by atoms with van der Waals surface area (Å²) >= 11 is 0. The molecule has 70 valence electrons. The molecule has 2 bridgehead atoms. The first-order valence-electron chi connectivity index (χ1n) is 5.13. The zero-order valence-electron chi connectivity index (χ0n) is 8.10. The molecule has 2 aliphatic rings. The average molecular weight is 169 g/mol. The Kier molecular flexibility index (Phi) is 2.13. The van der Waals surface area contributed by atoms with Crippen molar-refractivity contribution in [1.29, 1.82) is 0 Å². The number of hydrogen-bond donors (Lipinski definition) is 1. The maximum atomic E-state index is 5.96. The van der Waals surface area contributed by atoms with E-state index in [1.54, 1.807) is 0 Å². The summed E-state index contributed by atoms with van der Waals surface area (Å²) in [6, 6.07) is 0. The van der Waals surface area contributed by atoms with Crippen LogP contribution in [0.2, 0.25) is 0 Å². The molecule has 2 atom stereocenters. The normalized spacial score (nSPS) is 40.8. The van der Waals surface area contributed by atoms with Crippen LogP contribution in [0.15, 0.2) is 0 Å². The average Bonchev–Trinajstić information content (AvgIpc) is 2.25. The molecular formula is C10H19NO. The second-order valence-corrected chi connectivity index (χ2v) is 4.49. The van der Waals surface area contributed by atoms with Gasteiger partial charge in [0.1, 0.15) is 5.72 Å². The molecule has 2 fully saturated rings. The van der Waals surface area contributed by atoms with E-state index in [1.165, 1.54) is 25.7 Å². The molecule has 0 aromatic heterocycles. The molecule has 0 aromatic carbocycles. The molecular weight excluding hydrogens is 150 g/mol. The van der Waals surface area contributed by atoms with Crippen molar-refractivity contribution in [3.05, 3.63) is 0 Å². The molecule has 1 N–H and O–H groups in total. The lowest BCUT2D eigenvalue weighted by atomic mass is 9.99. The molecule has 0 spiro atoms. The molecule has 0 aromatic rings. The van der Waals surface area contributed by atoms with Crippen molar-refractivity contribution in [1.82, 2.24) is 5.32 Å². The molecule has 1 saturated carbocycles. The van der Waals surface area contributed by atoms with Crippen molar-refractivity contribution < 1.29 is 4.74 Å². The van der Waals surface area contributed by atoms with Crippen LogP contribution in [0.3, 0.4) is 0 Å². The maximum Gasteiger partial charge on any atom is 0.119 e. The molecule has 2 nitrogen and oxygen atoms in total. The van der Waals surface area contributed by atoms with Crippen LogP contribution in [0.4, 0.5) is 0 Å². The van der Waals surface area contributed by atoms with Crippen LogP contribution in [0.25, 0.3) is 0 Å². The Bertz CT molecular complexity index is 165. The van der Waals surface area contributed by atoms with Gasteiger partial charge in [0, 0.05) is 0 Å². The lowest BCUT2D eigenvalue weighted by Gasteiger charge is -2.36.